The second-order valence-corrected chi connectivity index (χ2v) is 2.95. The van der Waals surface area contributed by atoms with Gasteiger partial charge in [-0.25, -0.2) is 9.37 Å². The van der Waals surface area contributed by atoms with Crippen LogP contribution in [0.2, 0.25) is 0 Å². The van der Waals surface area contributed by atoms with Gasteiger partial charge in [0.05, 0.1) is 6.20 Å². The molecule has 0 aliphatic rings. The van der Waals surface area contributed by atoms with Crippen molar-refractivity contribution in [1.29, 1.82) is 0 Å². The van der Waals surface area contributed by atoms with Gasteiger partial charge in [0.25, 0.3) is 0 Å². The quantitative estimate of drug-likeness (QED) is 0.634. The van der Waals surface area contributed by atoms with Gasteiger partial charge in [0.2, 0.25) is 0 Å². The van der Waals surface area contributed by atoms with Gasteiger partial charge >= 0.3 is 7.12 Å². The van der Waals surface area contributed by atoms with Crippen LogP contribution in [0.3, 0.4) is 0 Å². The first-order valence-electron chi connectivity index (χ1n) is 4.29. The lowest BCUT2D eigenvalue weighted by molar-refractivity contribution is 0.423. The Bertz CT molecular complexity index is 322. The van der Waals surface area contributed by atoms with Gasteiger partial charge < -0.3 is 14.9 Å². The third-order valence-electron chi connectivity index (χ3n) is 2.01. The Morgan fingerprint density at radius 2 is 2.21 bits per heavy atom. The summed E-state index contributed by atoms with van der Waals surface area (Å²) >= 11 is 0. The van der Waals surface area contributed by atoms with Crippen molar-refractivity contribution >= 4 is 18.4 Å². The summed E-state index contributed by atoms with van der Waals surface area (Å²) in [6.07, 6.45) is 0.982. The molecule has 0 atom stereocenters. The maximum atomic E-state index is 13.0. The summed E-state index contributed by atoms with van der Waals surface area (Å²) < 4.78 is 13.0. The van der Waals surface area contributed by atoms with Gasteiger partial charge in [-0.1, -0.05) is 0 Å². The summed E-state index contributed by atoms with van der Waals surface area (Å²) in [5, 5.41) is 17.7. The summed E-state index contributed by atoms with van der Waals surface area (Å²) in [5.41, 5.74) is -0.157. The molecule has 1 aromatic heterocycles. The van der Waals surface area contributed by atoms with Crippen molar-refractivity contribution in [2.75, 3.05) is 18.5 Å². The zero-order valence-electron chi connectivity index (χ0n) is 8.11. The zero-order chi connectivity index (χ0) is 10.7. The van der Waals surface area contributed by atoms with E-state index in [-0.39, 0.29) is 5.46 Å². The molecule has 1 aromatic rings. The van der Waals surface area contributed by atoms with Crippen LogP contribution in [-0.4, -0.2) is 35.7 Å². The SMILES string of the molecule is CCN(C)c1cc(B(O)O)c(F)cn1. The molecule has 6 heteroatoms. The molecule has 1 rings (SSSR count). The van der Waals surface area contributed by atoms with Gasteiger partial charge in [-0.05, 0) is 13.0 Å². The second kappa shape index (κ2) is 4.39. The van der Waals surface area contributed by atoms with Crippen LogP contribution in [0.4, 0.5) is 10.2 Å². The number of anilines is 1. The first-order valence-corrected chi connectivity index (χ1v) is 4.29. The molecule has 0 fully saturated rings. The van der Waals surface area contributed by atoms with Crippen molar-refractivity contribution in [1.82, 2.24) is 4.98 Å². The van der Waals surface area contributed by atoms with Crippen LogP contribution in [0.25, 0.3) is 0 Å². The van der Waals surface area contributed by atoms with E-state index in [1.165, 1.54) is 6.07 Å². The van der Waals surface area contributed by atoms with Crippen molar-refractivity contribution in [3.63, 3.8) is 0 Å². The Balaban J connectivity index is 3.06. The Hall–Kier alpha value is -1.14. The van der Waals surface area contributed by atoms with Gasteiger partial charge in [0.15, 0.2) is 0 Å². The minimum absolute atomic E-state index is 0.157. The summed E-state index contributed by atoms with van der Waals surface area (Å²) in [6.45, 7) is 2.62. The molecule has 0 spiro atoms. The molecule has 76 valence electrons. The number of hydrogen-bond donors (Lipinski definition) is 2. The van der Waals surface area contributed by atoms with E-state index in [0.29, 0.717) is 12.4 Å². The Morgan fingerprint density at radius 3 is 2.71 bits per heavy atom. The first kappa shape index (κ1) is 10.9. The third kappa shape index (κ3) is 2.21. The predicted molar refractivity (Wildman–Crippen MR) is 53.0 cm³/mol. The second-order valence-electron chi connectivity index (χ2n) is 2.95. The van der Waals surface area contributed by atoms with Crippen LogP contribution in [0.15, 0.2) is 12.3 Å². The van der Waals surface area contributed by atoms with Crippen LogP contribution in [0.1, 0.15) is 6.92 Å². The summed E-state index contributed by atoms with van der Waals surface area (Å²) in [7, 11) is -0.0182. The van der Waals surface area contributed by atoms with E-state index >= 15 is 0 Å². The molecule has 0 saturated heterocycles. The minimum atomic E-state index is -1.80. The summed E-state index contributed by atoms with van der Waals surface area (Å²) in [6, 6.07) is 1.32. The zero-order valence-corrected chi connectivity index (χ0v) is 8.11. The van der Waals surface area contributed by atoms with Crippen molar-refractivity contribution in [2.24, 2.45) is 0 Å². The molecule has 0 saturated carbocycles. The molecule has 4 nitrogen and oxygen atoms in total. The number of halogens is 1. The lowest BCUT2D eigenvalue weighted by Gasteiger charge is -2.16. The fourth-order valence-corrected chi connectivity index (χ4v) is 1.01. The summed E-state index contributed by atoms with van der Waals surface area (Å²) in [4.78, 5) is 5.59. The number of nitrogens with zero attached hydrogens (tertiary/aromatic N) is 2. The van der Waals surface area contributed by atoms with Gasteiger partial charge in [0, 0.05) is 19.1 Å². The van der Waals surface area contributed by atoms with Crippen LogP contribution in [-0.2, 0) is 0 Å². The van der Waals surface area contributed by atoms with Crippen molar-refractivity contribution in [2.45, 2.75) is 6.92 Å². The fraction of sp³-hybridized carbons (Fsp3) is 0.375. The van der Waals surface area contributed by atoms with E-state index in [1.807, 2.05) is 6.92 Å². The van der Waals surface area contributed by atoms with Crippen molar-refractivity contribution in [3.05, 3.63) is 18.1 Å². The average molecular weight is 198 g/mol. The molecule has 0 unspecified atom stereocenters. The van der Waals surface area contributed by atoms with E-state index < -0.39 is 12.9 Å². The predicted octanol–water partition coefficient (Wildman–Crippen LogP) is -0.643. The molecule has 0 aliphatic heterocycles. The minimum Gasteiger partial charge on any atom is -0.423 e. The van der Waals surface area contributed by atoms with Crippen LogP contribution >= 0.6 is 0 Å². The maximum Gasteiger partial charge on any atom is 0.491 e. The lowest BCUT2D eigenvalue weighted by atomic mass is 9.80. The highest BCUT2D eigenvalue weighted by Crippen LogP contribution is 2.06. The number of rotatable bonds is 3. The molecular formula is C8H12BFN2O2. The third-order valence-corrected chi connectivity index (χ3v) is 2.01. The lowest BCUT2D eigenvalue weighted by Crippen LogP contribution is -2.34. The van der Waals surface area contributed by atoms with Crippen LogP contribution in [0, 0.1) is 5.82 Å². The molecule has 0 amide bonds. The molecule has 0 aliphatic carbocycles. The topological polar surface area (TPSA) is 56.6 Å². The Morgan fingerprint density at radius 1 is 1.57 bits per heavy atom. The Labute approximate surface area is 82.2 Å². The number of hydrogen-bond acceptors (Lipinski definition) is 4. The van der Waals surface area contributed by atoms with E-state index in [1.54, 1.807) is 11.9 Å². The van der Waals surface area contributed by atoms with Crippen LogP contribution in [0.5, 0.6) is 0 Å². The summed E-state index contributed by atoms with van der Waals surface area (Å²) in [5.74, 6) is -0.203. The smallest absolute Gasteiger partial charge is 0.423 e. The molecule has 0 aromatic carbocycles. The highest BCUT2D eigenvalue weighted by atomic mass is 19.1. The first-order chi connectivity index (χ1) is 6.56. The van der Waals surface area contributed by atoms with E-state index in [0.717, 1.165) is 6.20 Å². The van der Waals surface area contributed by atoms with Crippen molar-refractivity contribution < 1.29 is 14.4 Å². The molecule has 0 bridgehead atoms. The van der Waals surface area contributed by atoms with E-state index in [4.69, 9.17) is 10.0 Å². The van der Waals surface area contributed by atoms with E-state index in [9.17, 15) is 4.39 Å². The number of aromatic nitrogens is 1. The van der Waals surface area contributed by atoms with Gasteiger partial charge in [-0.15, -0.1) is 0 Å². The normalized spacial score (nSPS) is 10.1. The van der Waals surface area contributed by atoms with Gasteiger partial charge in [-0.2, -0.15) is 0 Å². The standard InChI is InChI=1S/C8H12BFN2O2/c1-3-12(2)8-4-6(9(13)14)7(10)5-11-8/h4-5,13-14H,3H2,1-2H3. The average Bonchev–Trinajstić information content (AvgIpc) is 2.17. The molecule has 1 heterocycles. The van der Waals surface area contributed by atoms with Gasteiger partial charge in [0.1, 0.15) is 11.6 Å². The highest BCUT2D eigenvalue weighted by molar-refractivity contribution is 6.58. The largest absolute Gasteiger partial charge is 0.491 e. The van der Waals surface area contributed by atoms with E-state index in [2.05, 4.69) is 4.98 Å². The Kier molecular flexibility index (Phi) is 3.43. The number of pyridine rings is 1. The molecule has 2 N–H and O–H groups in total. The van der Waals surface area contributed by atoms with Crippen molar-refractivity contribution in [3.8, 4) is 0 Å². The molecule has 0 radical (unpaired) electrons. The molecular weight excluding hydrogens is 186 g/mol. The highest BCUT2D eigenvalue weighted by Gasteiger charge is 2.18. The maximum absolute atomic E-state index is 13.0. The monoisotopic (exact) mass is 198 g/mol. The molecule has 14 heavy (non-hydrogen) atoms. The van der Waals surface area contributed by atoms with Gasteiger partial charge in [-0.3, -0.25) is 0 Å². The van der Waals surface area contributed by atoms with Crippen LogP contribution < -0.4 is 10.4 Å². The fourth-order valence-electron chi connectivity index (χ4n) is 1.01.